The first-order valence-corrected chi connectivity index (χ1v) is 4.79. The predicted molar refractivity (Wildman–Crippen MR) is 54.7 cm³/mol. The van der Waals surface area contributed by atoms with Gasteiger partial charge in [0.15, 0.2) is 5.58 Å². The Labute approximate surface area is 86.5 Å². The van der Waals surface area contributed by atoms with Gasteiger partial charge in [0.05, 0.1) is 0 Å². The Bertz CT molecular complexity index is 456. The highest BCUT2D eigenvalue weighted by Gasteiger charge is 2.21. The van der Waals surface area contributed by atoms with Crippen LogP contribution in [-0.2, 0) is 4.79 Å². The second kappa shape index (κ2) is 3.73. The molecule has 0 spiro atoms. The molecule has 0 aromatic carbocycles. The number of aliphatic carboxylic acids is 1. The summed E-state index contributed by atoms with van der Waals surface area (Å²) in [7, 11) is 0. The lowest BCUT2D eigenvalue weighted by Crippen LogP contribution is -2.09. The van der Waals surface area contributed by atoms with E-state index in [2.05, 4.69) is 4.98 Å². The summed E-state index contributed by atoms with van der Waals surface area (Å²) in [6, 6.07) is 5.23. The van der Waals surface area contributed by atoms with Crippen LogP contribution in [0, 0.1) is 0 Å². The molecule has 0 saturated heterocycles. The van der Waals surface area contributed by atoms with Crippen molar-refractivity contribution in [2.24, 2.45) is 0 Å². The van der Waals surface area contributed by atoms with Gasteiger partial charge in [-0.15, -0.1) is 0 Å². The largest absolute Gasteiger partial charge is 0.481 e. The number of carbonyl (C=O) groups is 1. The Morgan fingerprint density at radius 3 is 3.07 bits per heavy atom. The van der Waals surface area contributed by atoms with Crippen LogP contribution < -0.4 is 0 Å². The molecule has 2 aromatic heterocycles. The average molecular weight is 205 g/mol. The number of carboxylic acid groups (broad SMARTS) is 1. The van der Waals surface area contributed by atoms with Crippen LogP contribution in [0.5, 0.6) is 0 Å². The van der Waals surface area contributed by atoms with E-state index >= 15 is 0 Å². The maximum Gasteiger partial charge on any atom is 0.314 e. The van der Waals surface area contributed by atoms with E-state index in [9.17, 15) is 4.79 Å². The van der Waals surface area contributed by atoms with Gasteiger partial charge in [-0.1, -0.05) is 6.92 Å². The normalized spacial score (nSPS) is 12.9. The molecule has 0 fully saturated rings. The number of pyridine rings is 1. The van der Waals surface area contributed by atoms with Crippen LogP contribution >= 0.6 is 0 Å². The molecule has 15 heavy (non-hydrogen) atoms. The first-order valence-electron chi connectivity index (χ1n) is 4.79. The number of furan rings is 1. The average Bonchev–Trinajstić information content (AvgIpc) is 2.61. The fourth-order valence-electron chi connectivity index (χ4n) is 1.56. The van der Waals surface area contributed by atoms with Gasteiger partial charge >= 0.3 is 5.97 Å². The Morgan fingerprint density at radius 2 is 2.47 bits per heavy atom. The highest BCUT2D eigenvalue weighted by molar-refractivity contribution is 5.79. The van der Waals surface area contributed by atoms with Crippen molar-refractivity contribution in [1.29, 1.82) is 0 Å². The molecule has 1 N–H and O–H groups in total. The number of hydrogen-bond acceptors (Lipinski definition) is 3. The summed E-state index contributed by atoms with van der Waals surface area (Å²) < 4.78 is 5.44. The lowest BCUT2D eigenvalue weighted by atomic mass is 10.0. The van der Waals surface area contributed by atoms with Crippen molar-refractivity contribution in [2.75, 3.05) is 0 Å². The second-order valence-corrected chi connectivity index (χ2v) is 3.33. The fourth-order valence-corrected chi connectivity index (χ4v) is 1.56. The first-order chi connectivity index (χ1) is 7.22. The molecule has 0 radical (unpaired) electrons. The minimum absolute atomic E-state index is 0.471. The van der Waals surface area contributed by atoms with Crippen LogP contribution in [0.1, 0.15) is 25.0 Å². The maximum absolute atomic E-state index is 10.9. The highest BCUT2D eigenvalue weighted by atomic mass is 16.4. The van der Waals surface area contributed by atoms with E-state index in [0.717, 1.165) is 0 Å². The van der Waals surface area contributed by atoms with Crippen LogP contribution in [0.15, 0.2) is 28.8 Å². The first kappa shape index (κ1) is 9.71. The summed E-state index contributed by atoms with van der Waals surface area (Å²) in [4.78, 5) is 15.0. The molecule has 0 saturated carbocycles. The zero-order valence-electron chi connectivity index (χ0n) is 8.30. The molecule has 1 unspecified atom stereocenters. The van der Waals surface area contributed by atoms with Crippen molar-refractivity contribution >= 4 is 17.1 Å². The molecule has 0 aliphatic rings. The maximum atomic E-state index is 10.9. The van der Waals surface area contributed by atoms with Crippen molar-refractivity contribution in [3.05, 3.63) is 30.2 Å². The standard InChI is InChI=1S/C11H11NO3/c1-2-7(11(13)14)10-6-8-9(15-10)4-3-5-12-8/h3-7H,2H2,1H3,(H,13,14). The van der Waals surface area contributed by atoms with Crippen LogP contribution in [0.2, 0.25) is 0 Å². The van der Waals surface area contributed by atoms with Crippen LogP contribution in [0.25, 0.3) is 11.1 Å². The van der Waals surface area contributed by atoms with E-state index in [4.69, 9.17) is 9.52 Å². The summed E-state index contributed by atoms with van der Waals surface area (Å²) in [6.07, 6.45) is 2.17. The predicted octanol–water partition coefficient (Wildman–Crippen LogP) is 2.41. The van der Waals surface area contributed by atoms with Crippen LogP contribution in [0.3, 0.4) is 0 Å². The molecule has 2 rings (SSSR count). The molecule has 4 heteroatoms. The van der Waals surface area contributed by atoms with Crippen LogP contribution in [0.4, 0.5) is 0 Å². The van der Waals surface area contributed by atoms with Crippen molar-refractivity contribution in [3.8, 4) is 0 Å². The van der Waals surface area contributed by atoms with Crippen molar-refractivity contribution < 1.29 is 14.3 Å². The number of aromatic nitrogens is 1. The van der Waals surface area contributed by atoms with Crippen LogP contribution in [-0.4, -0.2) is 16.1 Å². The quantitative estimate of drug-likeness (QED) is 0.835. The van der Waals surface area contributed by atoms with Crippen molar-refractivity contribution in [1.82, 2.24) is 4.98 Å². The van der Waals surface area contributed by atoms with Gasteiger partial charge in [0, 0.05) is 12.3 Å². The smallest absolute Gasteiger partial charge is 0.314 e. The van der Waals surface area contributed by atoms with Gasteiger partial charge in [-0.05, 0) is 18.6 Å². The van der Waals surface area contributed by atoms with Gasteiger partial charge < -0.3 is 9.52 Å². The molecule has 0 amide bonds. The number of nitrogens with zero attached hydrogens (tertiary/aromatic N) is 1. The highest BCUT2D eigenvalue weighted by Crippen LogP contribution is 2.25. The second-order valence-electron chi connectivity index (χ2n) is 3.33. The summed E-state index contributed by atoms with van der Waals surface area (Å²) in [5, 5.41) is 8.97. The summed E-state index contributed by atoms with van der Waals surface area (Å²) in [5.74, 6) is -0.977. The minimum Gasteiger partial charge on any atom is -0.481 e. The SMILES string of the molecule is CCC(C(=O)O)c1cc2ncccc2o1. The molecule has 4 nitrogen and oxygen atoms in total. The van der Waals surface area contributed by atoms with Gasteiger partial charge in [0.1, 0.15) is 17.2 Å². The van der Waals surface area contributed by atoms with Crippen molar-refractivity contribution in [3.63, 3.8) is 0 Å². The Morgan fingerprint density at radius 1 is 1.67 bits per heavy atom. The van der Waals surface area contributed by atoms with Gasteiger partial charge in [-0.25, -0.2) is 0 Å². The number of carboxylic acids is 1. The van der Waals surface area contributed by atoms with Crippen molar-refractivity contribution in [2.45, 2.75) is 19.3 Å². The Balaban J connectivity index is 2.47. The molecule has 2 heterocycles. The minimum atomic E-state index is -0.864. The molecule has 0 bridgehead atoms. The molecule has 1 atom stereocenters. The zero-order valence-corrected chi connectivity index (χ0v) is 8.30. The third-order valence-corrected chi connectivity index (χ3v) is 2.36. The lowest BCUT2D eigenvalue weighted by Gasteiger charge is -2.04. The van der Waals surface area contributed by atoms with Gasteiger partial charge in [-0.2, -0.15) is 0 Å². The molecular formula is C11H11NO3. The fraction of sp³-hybridized carbons (Fsp3) is 0.273. The number of rotatable bonds is 3. The molecule has 0 aliphatic heterocycles. The molecule has 78 valence electrons. The van der Waals surface area contributed by atoms with E-state index in [1.165, 1.54) is 0 Å². The van der Waals surface area contributed by atoms with Gasteiger partial charge in [-0.3, -0.25) is 9.78 Å². The monoisotopic (exact) mass is 205 g/mol. The van der Waals surface area contributed by atoms with Gasteiger partial charge in [0.2, 0.25) is 0 Å². The molecule has 0 aliphatic carbocycles. The van der Waals surface area contributed by atoms with Gasteiger partial charge in [0.25, 0.3) is 0 Å². The van der Waals surface area contributed by atoms with E-state index in [1.54, 1.807) is 24.4 Å². The number of hydrogen-bond donors (Lipinski definition) is 1. The number of fused-ring (bicyclic) bond motifs is 1. The third kappa shape index (κ3) is 1.70. The molecular weight excluding hydrogens is 194 g/mol. The summed E-state index contributed by atoms with van der Waals surface area (Å²) in [6.45, 7) is 1.82. The Kier molecular flexibility index (Phi) is 2.41. The van der Waals surface area contributed by atoms with E-state index in [0.29, 0.717) is 23.3 Å². The molecule has 2 aromatic rings. The third-order valence-electron chi connectivity index (χ3n) is 2.36. The lowest BCUT2D eigenvalue weighted by molar-refractivity contribution is -0.139. The topological polar surface area (TPSA) is 63.3 Å². The van der Waals surface area contributed by atoms with E-state index in [1.807, 2.05) is 6.92 Å². The Hall–Kier alpha value is -1.84. The summed E-state index contributed by atoms with van der Waals surface area (Å²) in [5.41, 5.74) is 1.33. The zero-order chi connectivity index (χ0) is 10.8. The summed E-state index contributed by atoms with van der Waals surface area (Å²) >= 11 is 0. The van der Waals surface area contributed by atoms with E-state index < -0.39 is 11.9 Å². The van der Waals surface area contributed by atoms with E-state index in [-0.39, 0.29) is 0 Å².